The van der Waals surface area contributed by atoms with E-state index in [-0.39, 0.29) is 5.97 Å². The van der Waals surface area contributed by atoms with Gasteiger partial charge in [0.15, 0.2) is 0 Å². The second kappa shape index (κ2) is 8.71. The van der Waals surface area contributed by atoms with Crippen molar-refractivity contribution in [1.29, 1.82) is 0 Å². The fourth-order valence-electron chi connectivity index (χ4n) is 2.65. The van der Waals surface area contributed by atoms with Crippen molar-refractivity contribution in [3.63, 3.8) is 0 Å². The number of carbonyl (C=O) groups excluding carboxylic acids is 1. The number of anilines is 4. The van der Waals surface area contributed by atoms with E-state index in [1.807, 2.05) is 38.1 Å². The number of aryl methyl sites for hydroxylation is 2. The average Bonchev–Trinajstić information content (AvgIpc) is 2.64. The fourth-order valence-corrected chi connectivity index (χ4v) is 2.88. The van der Waals surface area contributed by atoms with Gasteiger partial charge >= 0.3 is 5.97 Å². The van der Waals surface area contributed by atoms with Gasteiger partial charge < -0.3 is 15.4 Å². The zero-order valence-electron chi connectivity index (χ0n) is 15.9. The molecule has 28 heavy (non-hydrogen) atoms. The second-order valence-electron chi connectivity index (χ2n) is 6.19. The van der Waals surface area contributed by atoms with Gasteiger partial charge in [-0.1, -0.05) is 11.6 Å². The van der Waals surface area contributed by atoms with E-state index < -0.39 is 0 Å². The Labute approximate surface area is 168 Å². The van der Waals surface area contributed by atoms with E-state index in [4.69, 9.17) is 16.3 Å². The van der Waals surface area contributed by atoms with Crippen LogP contribution < -0.4 is 10.6 Å². The maximum atomic E-state index is 11.7. The van der Waals surface area contributed by atoms with Crippen LogP contribution in [0.15, 0.2) is 48.5 Å². The molecular formula is C21H21ClN4O2. The third-order valence-corrected chi connectivity index (χ3v) is 4.19. The first-order valence-corrected chi connectivity index (χ1v) is 9.25. The number of halogens is 1. The molecule has 0 saturated carbocycles. The van der Waals surface area contributed by atoms with E-state index in [0.717, 1.165) is 16.9 Å². The molecule has 0 aliphatic carbocycles. The van der Waals surface area contributed by atoms with Gasteiger partial charge in [-0.15, -0.1) is 0 Å². The number of nitrogens with zero attached hydrogens (tertiary/aromatic N) is 2. The summed E-state index contributed by atoms with van der Waals surface area (Å²) >= 11 is 6.02. The average molecular weight is 397 g/mol. The van der Waals surface area contributed by atoms with Crippen LogP contribution >= 0.6 is 11.6 Å². The van der Waals surface area contributed by atoms with Gasteiger partial charge in [0.05, 0.1) is 12.2 Å². The summed E-state index contributed by atoms with van der Waals surface area (Å²) in [6.07, 6.45) is 0. The number of hydrogen-bond acceptors (Lipinski definition) is 6. The summed E-state index contributed by atoms with van der Waals surface area (Å²) in [6, 6.07) is 14.5. The van der Waals surface area contributed by atoms with Crippen molar-refractivity contribution in [1.82, 2.24) is 9.97 Å². The normalized spacial score (nSPS) is 10.4. The van der Waals surface area contributed by atoms with Crippen LogP contribution in [0.2, 0.25) is 5.02 Å². The SMILES string of the molecule is CCOC(=O)c1ccc(Nc2cc(Nc3ccc(Cl)cc3C)nc(C)n2)cc1. The molecule has 0 aliphatic heterocycles. The number of hydrogen-bond donors (Lipinski definition) is 2. The molecule has 2 aromatic carbocycles. The number of aromatic nitrogens is 2. The molecule has 0 amide bonds. The third-order valence-electron chi connectivity index (χ3n) is 3.96. The maximum absolute atomic E-state index is 11.7. The minimum atomic E-state index is -0.336. The topological polar surface area (TPSA) is 76.1 Å². The van der Waals surface area contributed by atoms with Crippen LogP contribution in [0.5, 0.6) is 0 Å². The van der Waals surface area contributed by atoms with Crippen molar-refractivity contribution in [2.45, 2.75) is 20.8 Å². The lowest BCUT2D eigenvalue weighted by Gasteiger charge is -2.12. The molecule has 1 aromatic heterocycles. The summed E-state index contributed by atoms with van der Waals surface area (Å²) in [5.74, 6) is 1.60. The van der Waals surface area contributed by atoms with Crippen LogP contribution in [0, 0.1) is 13.8 Å². The number of carbonyl (C=O) groups is 1. The van der Waals surface area contributed by atoms with E-state index in [9.17, 15) is 4.79 Å². The number of rotatable bonds is 6. The molecule has 3 aromatic rings. The first kappa shape index (κ1) is 19.6. The van der Waals surface area contributed by atoms with Gasteiger partial charge in [0.1, 0.15) is 17.5 Å². The van der Waals surface area contributed by atoms with Crippen LogP contribution in [0.1, 0.15) is 28.7 Å². The number of benzene rings is 2. The summed E-state index contributed by atoms with van der Waals surface area (Å²) in [6.45, 7) is 5.94. The van der Waals surface area contributed by atoms with Crippen molar-refractivity contribution in [3.05, 3.63) is 70.5 Å². The maximum Gasteiger partial charge on any atom is 0.338 e. The van der Waals surface area contributed by atoms with E-state index >= 15 is 0 Å². The van der Waals surface area contributed by atoms with Crippen molar-refractivity contribution in [3.8, 4) is 0 Å². The molecule has 1 heterocycles. The summed E-state index contributed by atoms with van der Waals surface area (Å²) in [4.78, 5) is 20.6. The van der Waals surface area contributed by atoms with Crippen LogP contribution in [0.4, 0.5) is 23.0 Å². The van der Waals surface area contributed by atoms with Gasteiger partial charge in [-0.2, -0.15) is 0 Å². The molecule has 0 bridgehead atoms. The van der Waals surface area contributed by atoms with Gasteiger partial charge in [-0.3, -0.25) is 0 Å². The highest BCUT2D eigenvalue weighted by Gasteiger charge is 2.08. The molecule has 2 N–H and O–H groups in total. The number of esters is 1. The van der Waals surface area contributed by atoms with Crippen molar-refractivity contribution >= 4 is 40.6 Å². The van der Waals surface area contributed by atoms with E-state index in [2.05, 4.69) is 20.6 Å². The van der Waals surface area contributed by atoms with Crippen molar-refractivity contribution in [2.75, 3.05) is 17.2 Å². The first-order valence-electron chi connectivity index (χ1n) is 8.87. The lowest BCUT2D eigenvalue weighted by atomic mass is 10.2. The highest BCUT2D eigenvalue weighted by atomic mass is 35.5. The summed E-state index contributed by atoms with van der Waals surface area (Å²) in [5, 5.41) is 7.21. The minimum absolute atomic E-state index is 0.336. The highest BCUT2D eigenvalue weighted by molar-refractivity contribution is 6.30. The highest BCUT2D eigenvalue weighted by Crippen LogP contribution is 2.25. The molecule has 6 nitrogen and oxygen atoms in total. The van der Waals surface area contributed by atoms with Crippen LogP contribution in [0.3, 0.4) is 0 Å². The Bertz CT molecular complexity index is 990. The third kappa shape index (κ3) is 4.98. The molecule has 144 valence electrons. The Hall–Kier alpha value is -3.12. The lowest BCUT2D eigenvalue weighted by Crippen LogP contribution is -2.05. The smallest absolute Gasteiger partial charge is 0.338 e. The van der Waals surface area contributed by atoms with E-state index in [0.29, 0.717) is 34.7 Å². The van der Waals surface area contributed by atoms with Gasteiger partial charge in [0.2, 0.25) is 0 Å². The Morgan fingerprint density at radius 1 is 1.00 bits per heavy atom. The molecule has 0 fully saturated rings. The molecule has 7 heteroatoms. The molecule has 0 spiro atoms. The molecule has 0 aliphatic rings. The second-order valence-corrected chi connectivity index (χ2v) is 6.63. The zero-order chi connectivity index (χ0) is 20.1. The quantitative estimate of drug-likeness (QED) is 0.542. The largest absolute Gasteiger partial charge is 0.462 e. The molecule has 0 atom stereocenters. The van der Waals surface area contributed by atoms with Gasteiger partial charge in [0.25, 0.3) is 0 Å². The molecule has 0 saturated heterocycles. The van der Waals surface area contributed by atoms with Crippen LogP contribution in [0.25, 0.3) is 0 Å². The van der Waals surface area contributed by atoms with Crippen LogP contribution in [-0.4, -0.2) is 22.5 Å². The standard InChI is InChI=1S/C21H21ClN4O2/c1-4-28-21(27)15-5-8-17(9-6-15)25-19-12-20(24-14(3)23-19)26-18-10-7-16(22)11-13(18)2/h5-12H,4H2,1-3H3,(H2,23,24,25,26). The summed E-state index contributed by atoms with van der Waals surface area (Å²) in [5.41, 5.74) is 3.26. The minimum Gasteiger partial charge on any atom is -0.462 e. The predicted octanol–water partition coefficient (Wildman–Crippen LogP) is 5.41. The molecular weight excluding hydrogens is 376 g/mol. The van der Waals surface area contributed by atoms with Gasteiger partial charge in [-0.25, -0.2) is 14.8 Å². The van der Waals surface area contributed by atoms with Crippen molar-refractivity contribution in [2.24, 2.45) is 0 Å². The van der Waals surface area contributed by atoms with Gasteiger partial charge in [0, 0.05) is 22.5 Å². The zero-order valence-corrected chi connectivity index (χ0v) is 16.7. The Morgan fingerprint density at radius 3 is 2.32 bits per heavy atom. The van der Waals surface area contributed by atoms with Gasteiger partial charge in [-0.05, 0) is 68.8 Å². The van der Waals surface area contributed by atoms with Crippen molar-refractivity contribution < 1.29 is 9.53 Å². The number of ether oxygens (including phenoxy) is 1. The fraction of sp³-hybridized carbons (Fsp3) is 0.190. The molecule has 0 unspecified atom stereocenters. The van der Waals surface area contributed by atoms with E-state index in [1.54, 1.807) is 31.2 Å². The number of nitrogens with one attached hydrogen (secondary N) is 2. The van der Waals surface area contributed by atoms with Crippen LogP contribution in [-0.2, 0) is 4.74 Å². The summed E-state index contributed by atoms with van der Waals surface area (Å²) in [7, 11) is 0. The summed E-state index contributed by atoms with van der Waals surface area (Å²) < 4.78 is 4.99. The predicted molar refractivity (Wildman–Crippen MR) is 112 cm³/mol. The Kier molecular flexibility index (Phi) is 6.11. The van der Waals surface area contributed by atoms with E-state index in [1.165, 1.54) is 0 Å². The molecule has 0 radical (unpaired) electrons. The Morgan fingerprint density at radius 2 is 1.68 bits per heavy atom. The lowest BCUT2D eigenvalue weighted by molar-refractivity contribution is 0.0526. The Balaban J connectivity index is 1.77. The molecule has 3 rings (SSSR count). The first-order chi connectivity index (χ1) is 13.4. The monoisotopic (exact) mass is 396 g/mol.